The quantitative estimate of drug-likeness (QED) is 0.889. The van der Waals surface area contributed by atoms with Crippen molar-refractivity contribution in [2.45, 2.75) is 26.7 Å². The zero-order chi connectivity index (χ0) is 13.3. The largest absolute Gasteiger partial charge is 0.481 e. The average molecular weight is 247 g/mol. The number of rotatable bonds is 3. The molecule has 96 valence electrons. The molecule has 0 atom stereocenters. The molecule has 1 aliphatic heterocycles. The number of amides is 1. The smallest absolute Gasteiger partial charge is 0.309 e. The molecule has 0 radical (unpaired) electrons. The molecule has 0 bridgehead atoms. The van der Waals surface area contributed by atoms with Gasteiger partial charge in [0.2, 0.25) is 5.91 Å². The highest BCUT2D eigenvalue weighted by atomic mass is 16.4. The number of carboxylic acid groups (broad SMARTS) is 1. The van der Waals surface area contributed by atoms with Crippen LogP contribution in [0.3, 0.4) is 0 Å². The number of anilines is 1. The third-order valence-electron chi connectivity index (χ3n) is 3.36. The van der Waals surface area contributed by atoms with Gasteiger partial charge in [-0.1, -0.05) is 18.2 Å². The summed E-state index contributed by atoms with van der Waals surface area (Å²) in [4.78, 5) is 24.9. The van der Waals surface area contributed by atoms with Gasteiger partial charge in [0, 0.05) is 18.7 Å². The zero-order valence-electron chi connectivity index (χ0n) is 10.6. The van der Waals surface area contributed by atoms with Gasteiger partial charge < -0.3 is 10.0 Å². The molecule has 4 nitrogen and oxygen atoms in total. The molecule has 1 aromatic carbocycles. The van der Waals surface area contributed by atoms with Gasteiger partial charge in [0.25, 0.3) is 0 Å². The molecule has 4 heteroatoms. The van der Waals surface area contributed by atoms with Crippen molar-refractivity contribution in [1.29, 1.82) is 0 Å². The number of para-hydroxylation sites is 1. The number of carboxylic acids is 1. The minimum absolute atomic E-state index is 0.0245. The predicted molar refractivity (Wildman–Crippen MR) is 68.5 cm³/mol. The third-order valence-corrected chi connectivity index (χ3v) is 3.36. The van der Waals surface area contributed by atoms with Crippen molar-refractivity contribution in [2.75, 3.05) is 11.4 Å². The third kappa shape index (κ3) is 2.23. The number of carbonyl (C=O) groups excluding carboxylic acids is 1. The first-order valence-corrected chi connectivity index (χ1v) is 6.03. The van der Waals surface area contributed by atoms with Crippen LogP contribution in [0.2, 0.25) is 0 Å². The van der Waals surface area contributed by atoms with E-state index in [1.807, 2.05) is 24.3 Å². The fourth-order valence-electron chi connectivity index (χ4n) is 2.15. The summed E-state index contributed by atoms with van der Waals surface area (Å²) in [5.41, 5.74) is 1.05. The van der Waals surface area contributed by atoms with Gasteiger partial charge in [0.05, 0.1) is 5.41 Å². The van der Waals surface area contributed by atoms with Crippen molar-refractivity contribution >= 4 is 17.6 Å². The van der Waals surface area contributed by atoms with Gasteiger partial charge in [0.15, 0.2) is 0 Å². The van der Waals surface area contributed by atoms with E-state index in [-0.39, 0.29) is 12.3 Å². The van der Waals surface area contributed by atoms with E-state index in [1.54, 1.807) is 18.7 Å². The summed E-state index contributed by atoms with van der Waals surface area (Å²) in [6, 6.07) is 7.76. The molecule has 1 aromatic rings. The highest BCUT2D eigenvalue weighted by molar-refractivity contribution is 5.97. The van der Waals surface area contributed by atoms with E-state index < -0.39 is 11.4 Å². The number of hydrogen-bond acceptors (Lipinski definition) is 2. The van der Waals surface area contributed by atoms with Gasteiger partial charge in [-0.05, 0) is 31.9 Å². The molecule has 18 heavy (non-hydrogen) atoms. The van der Waals surface area contributed by atoms with E-state index >= 15 is 0 Å². The first kappa shape index (κ1) is 12.6. The first-order chi connectivity index (χ1) is 8.42. The number of aliphatic carboxylic acids is 1. The second-order valence-corrected chi connectivity index (χ2v) is 5.29. The van der Waals surface area contributed by atoms with E-state index in [2.05, 4.69) is 0 Å². The SMILES string of the molecule is CC(C)(CC(=O)N1CCc2ccccc21)C(=O)O. The summed E-state index contributed by atoms with van der Waals surface area (Å²) in [5, 5.41) is 9.06. The number of nitrogens with zero attached hydrogens (tertiary/aromatic N) is 1. The first-order valence-electron chi connectivity index (χ1n) is 6.03. The molecule has 0 unspecified atom stereocenters. The lowest BCUT2D eigenvalue weighted by Gasteiger charge is -2.23. The topological polar surface area (TPSA) is 57.6 Å². The minimum Gasteiger partial charge on any atom is -0.481 e. The van der Waals surface area contributed by atoms with Crippen LogP contribution in [-0.4, -0.2) is 23.5 Å². The highest BCUT2D eigenvalue weighted by Crippen LogP contribution is 2.30. The van der Waals surface area contributed by atoms with Gasteiger partial charge in [-0.3, -0.25) is 9.59 Å². The van der Waals surface area contributed by atoms with Crippen LogP contribution in [0.4, 0.5) is 5.69 Å². The van der Waals surface area contributed by atoms with Gasteiger partial charge >= 0.3 is 5.97 Å². The number of benzene rings is 1. The Balaban J connectivity index is 2.15. The maximum Gasteiger partial charge on any atom is 0.309 e. The van der Waals surface area contributed by atoms with E-state index in [9.17, 15) is 9.59 Å². The van der Waals surface area contributed by atoms with Crippen molar-refractivity contribution in [1.82, 2.24) is 0 Å². The van der Waals surface area contributed by atoms with Crippen molar-refractivity contribution in [3.63, 3.8) is 0 Å². The van der Waals surface area contributed by atoms with Crippen LogP contribution in [0.15, 0.2) is 24.3 Å². The summed E-state index contributed by atoms with van der Waals surface area (Å²) in [6.07, 6.45) is 0.867. The van der Waals surface area contributed by atoms with Crippen LogP contribution < -0.4 is 4.90 Å². The summed E-state index contributed by atoms with van der Waals surface area (Å²) in [7, 11) is 0. The lowest BCUT2D eigenvalue weighted by Crippen LogP contribution is -2.36. The standard InChI is InChI=1S/C14H17NO3/c1-14(2,13(17)18)9-12(16)15-8-7-10-5-3-4-6-11(10)15/h3-6H,7-9H2,1-2H3,(H,17,18). The van der Waals surface area contributed by atoms with Crippen LogP contribution >= 0.6 is 0 Å². The molecule has 0 spiro atoms. The van der Waals surface area contributed by atoms with E-state index in [4.69, 9.17) is 5.11 Å². The summed E-state index contributed by atoms with van der Waals surface area (Å²) >= 11 is 0. The molecule has 2 rings (SSSR count). The second-order valence-electron chi connectivity index (χ2n) is 5.29. The summed E-state index contributed by atoms with van der Waals surface area (Å²) < 4.78 is 0. The van der Waals surface area contributed by atoms with Crippen LogP contribution in [0.25, 0.3) is 0 Å². The molecular formula is C14H17NO3. The molecule has 1 amide bonds. The molecule has 0 saturated carbocycles. The Morgan fingerprint density at radius 1 is 1.33 bits per heavy atom. The summed E-state index contributed by atoms with van der Waals surface area (Å²) in [6.45, 7) is 3.80. The van der Waals surface area contributed by atoms with Gasteiger partial charge in [-0.15, -0.1) is 0 Å². The van der Waals surface area contributed by atoms with Crippen molar-refractivity contribution in [2.24, 2.45) is 5.41 Å². The Kier molecular flexibility index (Phi) is 3.11. The fourth-order valence-corrected chi connectivity index (χ4v) is 2.15. The normalized spacial score (nSPS) is 14.4. The Hall–Kier alpha value is -1.84. The maximum atomic E-state index is 12.2. The van der Waals surface area contributed by atoms with Crippen molar-refractivity contribution in [3.05, 3.63) is 29.8 Å². The van der Waals surface area contributed by atoms with Crippen LogP contribution in [0.1, 0.15) is 25.8 Å². The van der Waals surface area contributed by atoms with E-state index in [0.29, 0.717) is 6.54 Å². The van der Waals surface area contributed by atoms with Gasteiger partial charge in [-0.25, -0.2) is 0 Å². The van der Waals surface area contributed by atoms with Crippen molar-refractivity contribution < 1.29 is 14.7 Å². The number of carbonyl (C=O) groups is 2. The molecule has 0 aliphatic carbocycles. The molecule has 1 heterocycles. The lowest BCUT2D eigenvalue weighted by atomic mass is 9.89. The van der Waals surface area contributed by atoms with Gasteiger partial charge in [-0.2, -0.15) is 0 Å². The molecule has 0 aromatic heterocycles. The monoisotopic (exact) mass is 247 g/mol. The fraction of sp³-hybridized carbons (Fsp3) is 0.429. The molecular weight excluding hydrogens is 230 g/mol. The molecule has 1 N–H and O–H groups in total. The summed E-state index contributed by atoms with van der Waals surface area (Å²) in [5.74, 6) is -1.06. The van der Waals surface area contributed by atoms with E-state index in [1.165, 1.54) is 0 Å². The predicted octanol–water partition coefficient (Wildman–Crippen LogP) is 2.08. The lowest BCUT2D eigenvalue weighted by molar-refractivity contribution is -0.149. The Bertz CT molecular complexity index is 494. The van der Waals surface area contributed by atoms with E-state index in [0.717, 1.165) is 17.7 Å². The Morgan fingerprint density at radius 3 is 2.67 bits per heavy atom. The molecule has 0 saturated heterocycles. The molecule has 0 fully saturated rings. The van der Waals surface area contributed by atoms with Crippen LogP contribution in [0, 0.1) is 5.41 Å². The number of fused-ring (bicyclic) bond motifs is 1. The molecule has 1 aliphatic rings. The Morgan fingerprint density at radius 2 is 2.00 bits per heavy atom. The second kappa shape index (κ2) is 4.44. The Labute approximate surface area is 106 Å². The minimum atomic E-state index is -1.02. The average Bonchev–Trinajstić information content (AvgIpc) is 2.71. The van der Waals surface area contributed by atoms with Crippen LogP contribution in [0.5, 0.6) is 0 Å². The maximum absolute atomic E-state index is 12.2. The highest BCUT2D eigenvalue weighted by Gasteiger charge is 2.34. The number of hydrogen-bond donors (Lipinski definition) is 1. The van der Waals surface area contributed by atoms with Crippen LogP contribution in [-0.2, 0) is 16.0 Å². The van der Waals surface area contributed by atoms with Crippen molar-refractivity contribution in [3.8, 4) is 0 Å². The zero-order valence-corrected chi connectivity index (χ0v) is 10.6. The van der Waals surface area contributed by atoms with Gasteiger partial charge in [0.1, 0.15) is 0 Å².